The van der Waals surface area contributed by atoms with E-state index in [1.807, 2.05) is 84.2 Å². The fraction of sp³-hybridized carbons (Fsp3) is 0.0690. The van der Waals surface area contributed by atoms with E-state index in [0.29, 0.717) is 21.2 Å². The summed E-state index contributed by atoms with van der Waals surface area (Å²) in [5.74, 6) is -1.61. The summed E-state index contributed by atoms with van der Waals surface area (Å²) in [4.78, 5) is 3.18. The topological polar surface area (TPSA) is 122 Å². The monoisotopic (exact) mass is 651 g/mol. The van der Waals surface area contributed by atoms with Gasteiger partial charge in [-0.05, 0) is 57.4 Å². The molecule has 0 saturated heterocycles. The first-order valence-corrected chi connectivity index (χ1v) is 18.2. The van der Waals surface area contributed by atoms with Gasteiger partial charge in [0, 0.05) is 9.77 Å². The molecular weight excluding hydrogens is 633 g/mol. The number of thiophene rings is 1. The van der Waals surface area contributed by atoms with E-state index in [2.05, 4.69) is 0 Å². The smallest absolute Gasteiger partial charge is 0.266 e. The van der Waals surface area contributed by atoms with Gasteiger partial charge in [0.25, 0.3) is 5.01 Å². The quantitative estimate of drug-likeness (QED) is 0.120. The van der Waals surface area contributed by atoms with Crippen LogP contribution in [-0.4, -0.2) is 31.8 Å². The predicted octanol–water partition coefficient (Wildman–Crippen LogP) is 6.14. The zero-order valence-electron chi connectivity index (χ0n) is 21.5. The molecule has 0 N–H and O–H groups in total. The number of thiazole rings is 1. The summed E-state index contributed by atoms with van der Waals surface area (Å²) in [6.45, 7) is 0. The van der Waals surface area contributed by atoms with Gasteiger partial charge in [-0.25, -0.2) is 16.8 Å². The molecule has 0 spiro atoms. The Morgan fingerprint density at radius 3 is 2.40 bits per heavy atom. The maximum absolute atomic E-state index is 12.1. The minimum absolute atomic E-state index is 0.436. The molecule has 0 bridgehead atoms. The highest BCUT2D eigenvalue weighted by Gasteiger charge is 2.31. The fourth-order valence-electron chi connectivity index (χ4n) is 5.29. The van der Waals surface area contributed by atoms with Crippen molar-refractivity contribution in [1.29, 1.82) is 0 Å². The van der Waals surface area contributed by atoms with Gasteiger partial charge in [-0.2, -0.15) is 4.57 Å². The van der Waals surface area contributed by atoms with E-state index >= 15 is 0 Å². The predicted molar refractivity (Wildman–Crippen MR) is 167 cm³/mol. The molecule has 6 aromatic rings. The van der Waals surface area contributed by atoms with Crippen LogP contribution in [0.2, 0.25) is 0 Å². The third-order valence-corrected chi connectivity index (χ3v) is 11.2. The van der Waals surface area contributed by atoms with E-state index < -0.39 is 32.0 Å². The second-order valence-corrected chi connectivity index (χ2v) is 15.5. The summed E-state index contributed by atoms with van der Waals surface area (Å²) in [6.07, 6.45) is 1.66. The van der Waals surface area contributed by atoms with E-state index in [0.717, 1.165) is 41.6 Å². The Morgan fingerprint density at radius 2 is 1.64 bits per heavy atom. The summed E-state index contributed by atoms with van der Waals surface area (Å²) in [5, 5.41) is 6.55. The molecule has 8 nitrogen and oxygen atoms in total. The fourth-order valence-corrected chi connectivity index (χ4v) is 9.62. The first-order valence-electron chi connectivity index (χ1n) is 12.5. The van der Waals surface area contributed by atoms with Crippen LogP contribution in [0.5, 0.6) is 0 Å². The molecule has 0 unspecified atom stereocenters. The van der Waals surface area contributed by atoms with Crippen LogP contribution in [0, 0.1) is 0 Å². The van der Waals surface area contributed by atoms with E-state index in [1.54, 1.807) is 17.4 Å². The maximum atomic E-state index is 12.1. The number of rotatable bonds is 6. The molecule has 0 amide bonds. The second kappa shape index (κ2) is 10.2. The third kappa shape index (κ3) is 5.11. The lowest BCUT2D eigenvalue weighted by Gasteiger charge is -2.22. The summed E-state index contributed by atoms with van der Waals surface area (Å²) in [5.41, 5.74) is 2.04. The first-order chi connectivity index (χ1) is 20.0. The van der Waals surface area contributed by atoms with Crippen molar-refractivity contribution in [1.82, 2.24) is 0 Å². The largest absolute Gasteiger partial charge is 0.747 e. The lowest BCUT2D eigenvalue weighted by molar-refractivity contribution is -0.648. The van der Waals surface area contributed by atoms with E-state index in [1.165, 1.54) is 32.6 Å². The highest BCUT2D eigenvalue weighted by Crippen LogP contribution is 2.49. The highest BCUT2D eigenvalue weighted by atomic mass is 32.2. The molecule has 3 heterocycles. The molecule has 42 heavy (non-hydrogen) atoms. The van der Waals surface area contributed by atoms with E-state index in [-0.39, 0.29) is 0 Å². The number of nitrogens with zero attached hydrogens (tertiary/aromatic N) is 2. The number of anilines is 1. The maximum Gasteiger partial charge on any atom is 0.266 e. The Balaban J connectivity index is 1.44. The molecule has 0 aliphatic carbocycles. The van der Waals surface area contributed by atoms with Gasteiger partial charge in [0.05, 0.1) is 22.2 Å². The third-order valence-electron chi connectivity index (χ3n) is 6.97. The SMILES string of the molecule is O=S(=O)([O-])CN1C(=Cc2sc3ccc4c5ccccc5ccc4c3[n+]2CS(=O)(=O)[O-])Sc2ccc(-c3cccs3)cc21. The van der Waals surface area contributed by atoms with Crippen LogP contribution in [-0.2, 0) is 26.1 Å². The Bertz CT molecular complexity index is 2290. The minimum atomic E-state index is -4.71. The van der Waals surface area contributed by atoms with Gasteiger partial charge >= 0.3 is 0 Å². The summed E-state index contributed by atoms with van der Waals surface area (Å²) in [6, 6.07) is 25.1. The lowest BCUT2D eigenvalue weighted by atomic mass is 10.0. The minimum Gasteiger partial charge on any atom is -0.747 e. The molecule has 1 aliphatic rings. The average molecular weight is 652 g/mol. The normalized spacial score (nSPS) is 14.9. The van der Waals surface area contributed by atoms with Crippen molar-refractivity contribution < 1.29 is 30.5 Å². The molecule has 0 atom stereocenters. The van der Waals surface area contributed by atoms with E-state index in [9.17, 15) is 25.9 Å². The Morgan fingerprint density at radius 1 is 0.833 bits per heavy atom. The van der Waals surface area contributed by atoms with Crippen molar-refractivity contribution in [3.63, 3.8) is 0 Å². The van der Waals surface area contributed by atoms with Crippen molar-refractivity contribution in [3.8, 4) is 10.4 Å². The first kappa shape index (κ1) is 27.5. The van der Waals surface area contributed by atoms with Crippen molar-refractivity contribution >= 4 is 98.2 Å². The number of thioether (sulfide) groups is 1. The van der Waals surface area contributed by atoms with Gasteiger partial charge < -0.3 is 14.0 Å². The van der Waals surface area contributed by atoms with Crippen molar-refractivity contribution in [2.24, 2.45) is 0 Å². The molecule has 0 radical (unpaired) electrons. The van der Waals surface area contributed by atoms with Gasteiger partial charge in [-0.3, -0.25) is 0 Å². The van der Waals surface area contributed by atoms with Gasteiger partial charge in [0.15, 0.2) is 10.1 Å². The zero-order chi connectivity index (χ0) is 29.2. The van der Waals surface area contributed by atoms with Crippen molar-refractivity contribution in [2.45, 2.75) is 10.8 Å². The Labute approximate surface area is 253 Å². The molecular formula is C29H19N2O6S5-. The number of hydrogen-bond acceptors (Lipinski definition) is 10. The number of benzene rings is 4. The van der Waals surface area contributed by atoms with Crippen LogP contribution in [0.3, 0.4) is 0 Å². The second-order valence-electron chi connectivity index (χ2n) is 9.71. The highest BCUT2D eigenvalue weighted by molar-refractivity contribution is 8.04. The molecule has 0 saturated carbocycles. The van der Waals surface area contributed by atoms with Crippen molar-refractivity contribution in [3.05, 3.63) is 94.3 Å². The van der Waals surface area contributed by atoms with Gasteiger partial charge in [-0.1, -0.05) is 71.6 Å². The van der Waals surface area contributed by atoms with Gasteiger partial charge in [0.2, 0.25) is 11.4 Å². The van der Waals surface area contributed by atoms with Crippen LogP contribution in [0.15, 0.2) is 94.2 Å². The standard InChI is InChI=1S/C29H20N2O6S5/c32-41(33,34)16-30-23-14-19(24-6-3-13-38-24)8-11-25(23)39-27(30)15-28-31(17-42(35,36)37)29-22-9-7-18-4-1-2-5-20(18)21(22)10-12-26(29)40-28/h1-15H,16-17H2,(H-,32,33,34,35,36,37)/p-1. The van der Waals surface area contributed by atoms with Crippen LogP contribution in [0.4, 0.5) is 5.69 Å². The van der Waals surface area contributed by atoms with Crippen LogP contribution >= 0.6 is 34.4 Å². The molecule has 4 aromatic carbocycles. The van der Waals surface area contributed by atoms with Crippen LogP contribution < -0.4 is 9.47 Å². The van der Waals surface area contributed by atoms with Crippen LogP contribution in [0.25, 0.3) is 48.3 Å². The average Bonchev–Trinajstić information content (AvgIpc) is 3.66. The Kier molecular flexibility index (Phi) is 6.66. The molecule has 212 valence electrons. The van der Waals surface area contributed by atoms with Gasteiger partial charge in [-0.15, -0.1) is 11.3 Å². The lowest BCUT2D eigenvalue weighted by Crippen LogP contribution is -2.39. The summed E-state index contributed by atoms with van der Waals surface area (Å²) < 4.78 is 74.6. The molecule has 2 aromatic heterocycles. The number of fused-ring (bicyclic) bond motifs is 6. The van der Waals surface area contributed by atoms with Crippen LogP contribution in [0.1, 0.15) is 5.01 Å². The summed E-state index contributed by atoms with van der Waals surface area (Å²) in [7, 11) is -9.39. The molecule has 7 rings (SSSR count). The number of aromatic nitrogens is 1. The van der Waals surface area contributed by atoms with E-state index in [4.69, 9.17) is 0 Å². The van der Waals surface area contributed by atoms with Gasteiger partial charge in [0.1, 0.15) is 20.7 Å². The molecule has 0 fully saturated rings. The number of hydrogen-bond donors (Lipinski definition) is 0. The summed E-state index contributed by atoms with van der Waals surface area (Å²) >= 11 is 4.11. The molecule has 1 aliphatic heterocycles. The zero-order valence-corrected chi connectivity index (χ0v) is 25.5. The Hall–Kier alpha value is -3.30. The van der Waals surface area contributed by atoms with Crippen molar-refractivity contribution in [2.75, 3.05) is 10.8 Å². The molecule has 13 heteroatoms.